The van der Waals surface area contributed by atoms with Gasteiger partial charge in [-0.05, 0) is 0 Å². The molecule has 0 bridgehead atoms. The molecule has 0 saturated carbocycles. The molecule has 2 radical (unpaired) electrons. The van der Waals surface area contributed by atoms with E-state index in [1.165, 1.54) is 0 Å². The molecule has 0 aliphatic carbocycles. The molecule has 0 aromatic heterocycles. The summed E-state index contributed by atoms with van der Waals surface area (Å²) in [7, 11) is 0. The van der Waals surface area contributed by atoms with Crippen molar-refractivity contribution in [1.29, 1.82) is 0 Å². The summed E-state index contributed by atoms with van der Waals surface area (Å²) >= 11 is 2.37. The van der Waals surface area contributed by atoms with Gasteiger partial charge < -0.3 is 0 Å². The van der Waals surface area contributed by atoms with E-state index in [9.17, 15) is 4.79 Å². The maximum atomic E-state index is 10.6. The molecule has 0 aliphatic heterocycles. The van der Waals surface area contributed by atoms with Crippen molar-refractivity contribution in [1.82, 2.24) is 0 Å². The number of carbonyl (C=O) groups is 1. The summed E-state index contributed by atoms with van der Waals surface area (Å²) in [5, 5.41) is 9.39. The summed E-state index contributed by atoms with van der Waals surface area (Å²) in [6, 6.07) is 7.01. The van der Waals surface area contributed by atoms with E-state index in [2.05, 4.69) is 16.9 Å². The fourth-order valence-electron chi connectivity index (χ4n) is 0.867. The number of carboxylic acid groups (broad SMARTS) is 1. The van der Waals surface area contributed by atoms with E-state index in [1.54, 1.807) is 12.1 Å². The van der Waals surface area contributed by atoms with Gasteiger partial charge in [-0.3, -0.25) is 0 Å². The summed E-state index contributed by atoms with van der Waals surface area (Å²) in [5.41, 5.74) is 1.26. The van der Waals surface area contributed by atoms with Gasteiger partial charge in [0.05, 0.1) is 0 Å². The quantitative estimate of drug-likeness (QED) is 0.741. The molecule has 0 spiro atoms. The number of rotatable bonds is 2. The van der Waals surface area contributed by atoms with E-state index in [0.717, 1.165) is 5.56 Å². The molecule has 0 aliphatic rings. The summed E-state index contributed by atoms with van der Waals surface area (Å²) in [4.78, 5) is 10.6. The van der Waals surface area contributed by atoms with Gasteiger partial charge in [-0.1, -0.05) is 0 Å². The number of hydrogen-bond donors (Lipinski definition) is 1. The first-order valence-electron chi connectivity index (χ1n) is 3.17. The molecule has 56 valence electrons. The van der Waals surface area contributed by atoms with Crippen molar-refractivity contribution in [3.05, 3.63) is 35.4 Å². The maximum absolute atomic E-state index is 10.6. The predicted octanol–water partition coefficient (Wildman–Crippen LogP) is 1.05. The molecule has 1 aromatic rings. The van der Waals surface area contributed by atoms with Gasteiger partial charge in [-0.15, -0.1) is 0 Å². The van der Waals surface area contributed by atoms with Gasteiger partial charge in [0.2, 0.25) is 0 Å². The standard InChI is InChI=1S/C8H7AsO2/c9-5-6-3-1-2-4-7(6)8(10)11/h1-4H,5H2,(H,10,11). The van der Waals surface area contributed by atoms with Gasteiger partial charge >= 0.3 is 73.3 Å². The van der Waals surface area contributed by atoms with Crippen molar-refractivity contribution in [2.24, 2.45) is 0 Å². The van der Waals surface area contributed by atoms with Crippen molar-refractivity contribution < 1.29 is 9.90 Å². The van der Waals surface area contributed by atoms with E-state index in [0.29, 0.717) is 10.8 Å². The Kier molecular flexibility index (Phi) is 2.72. The molecule has 0 saturated heterocycles. The zero-order valence-corrected chi connectivity index (χ0v) is 7.70. The first-order valence-corrected chi connectivity index (χ1v) is 4.50. The fourth-order valence-corrected chi connectivity index (χ4v) is 1.45. The first kappa shape index (κ1) is 8.35. The molecule has 0 atom stereocenters. The Labute approximate surface area is 73.7 Å². The second-order valence-corrected chi connectivity index (χ2v) is 2.78. The van der Waals surface area contributed by atoms with Gasteiger partial charge in [0.15, 0.2) is 0 Å². The zero-order chi connectivity index (χ0) is 8.27. The second-order valence-electron chi connectivity index (χ2n) is 2.12. The van der Waals surface area contributed by atoms with Crippen LogP contribution in [0.15, 0.2) is 24.3 Å². The molecule has 1 aromatic carbocycles. The van der Waals surface area contributed by atoms with Crippen LogP contribution in [0.3, 0.4) is 0 Å². The van der Waals surface area contributed by atoms with Gasteiger partial charge in [-0.25, -0.2) is 0 Å². The Hall–Kier alpha value is -0.752. The van der Waals surface area contributed by atoms with Crippen LogP contribution in [-0.4, -0.2) is 27.9 Å². The van der Waals surface area contributed by atoms with Crippen LogP contribution in [0.1, 0.15) is 15.9 Å². The third-order valence-corrected chi connectivity index (χ3v) is 2.13. The topological polar surface area (TPSA) is 37.3 Å². The van der Waals surface area contributed by atoms with Crippen LogP contribution in [-0.2, 0) is 5.21 Å². The average Bonchev–Trinajstić information content (AvgIpc) is 2.04. The third-order valence-electron chi connectivity index (χ3n) is 1.42. The first-order chi connectivity index (χ1) is 5.25. The van der Waals surface area contributed by atoms with Crippen molar-refractivity contribution in [3.8, 4) is 0 Å². The molecular formula is C8H7AsO2. The van der Waals surface area contributed by atoms with E-state index < -0.39 is 5.97 Å². The number of hydrogen-bond acceptors (Lipinski definition) is 1. The molecule has 0 unspecified atom stereocenters. The Morgan fingerprint density at radius 3 is 2.55 bits per heavy atom. The van der Waals surface area contributed by atoms with Crippen molar-refractivity contribution in [2.75, 3.05) is 0 Å². The molecule has 0 fully saturated rings. The normalized spacial score (nSPS) is 9.55. The number of aromatic carboxylic acids is 1. The Bertz CT molecular complexity index is 271. The number of benzene rings is 1. The van der Waals surface area contributed by atoms with Crippen LogP contribution in [0.25, 0.3) is 0 Å². The van der Waals surface area contributed by atoms with Crippen molar-refractivity contribution in [2.45, 2.75) is 5.21 Å². The molecule has 1 N–H and O–H groups in total. The van der Waals surface area contributed by atoms with E-state index in [-0.39, 0.29) is 0 Å². The molecule has 0 heterocycles. The molecule has 2 nitrogen and oxygen atoms in total. The van der Waals surface area contributed by atoms with Crippen LogP contribution in [0.4, 0.5) is 0 Å². The van der Waals surface area contributed by atoms with Crippen LogP contribution in [0.2, 0.25) is 0 Å². The van der Waals surface area contributed by atoms with Gasteiger partial charge in [0, 0.05) is 0 Å². The van der Waals surface area contributed by atoms with E-state index >= 15 is 0 Å². The van der Waals surface area contributed by atoms with Crippen LogP contribution in [0, 0.1) is 0 Å². The Morgan fingerprint density at radius 1 is 1.45 bits per heavy atom. The monoisotopic (exact) mass is 210 g/mol. The SMILES string of the molecule is O=C(O)c1ccccc1C[As]. The molecule has 1 rings (SSSR count). The number of carboxylic acids is 1. The molecular weight excluding hydrogens is 203 g/mol. The van der Waals surface area contributed by atoms with E-state index in [4.69, 9.17) is 5.11 Å². The van der Waals surface area contributed by atoms with Crippen molar-refractivity contribution >= 4 is 22.8 Å². The molecule has 11 heavy (non-hydrogen) atoms. The molecule has 0 amide bonds. The average molecular weight is 210 g/mol. The fraction of sp³-hybridized carbons (Fsp3) is 0.125. The second kappa shape index (κ2) is 3.58. The minimum absolute atomic E-state index is 0.396. The van der Waals surface area contributed by atoms with Gasteiger partial charge in [0.25, 0.3) is 0 Å². The Balaban J connectivity index is 3.12. The van der Waals surface area contributed by atoms with Gasteiger partial charge in [-0.2, -0.15) is 0 Å². The Morgan fingerprint density at radius 2 is 2.09 bits per heavy atom. The van der Waals surface area contributed by atoms with Crippen LogP contribution in [0.5, 0.6) is 0 Å². The summed E-state index contributed by atoms with van der Waals surface area (Å²) < 4.78 is 0. The molecule has 3 heteroatoms. The summed E-state index contributed by atoms with van der Waals surface area (Å²) in [6.07, 6.45) is 0. The summed E-state index contributed by atoms with van der Waals surface area (Å²) in [6.45, 7) is 0. The van der Waals surface area contributed by atoms with Crippen LogP contribution < -0.4 is 0 Å². The van der Waals surface area contributed by atoms with Crippen molar-refractivity contribution in [3.63, 3.8) is 0 Å². The minimum atomic E-state index is -0.855. The van der Waals surface area contributed by atoms with Crippen LogP contribution >= 0.6 is 0 Å². The van der Waals surface area contributed by atoms with E-state index in [1.807, 2.05) is 12.1 Å². The predicted molar refractivity (Wildman–Crippen MR) is 42.9 cm³/mol. The zero-order valence-electron chi connectivity index (χ0n) is 5.82. The van der Waals surface area contributed by atoms with Gasteiger partial charge in [0.1, 0.15) is 0 Å². The third kappa shape index (κ3) is 1.84. The summed E-state index contributed by atoms with van der Waals surface area (Å²) in [5.74, 6) is -0.855.